The zero-order valence-corrected chi connectivity index (χ0v) is 13.4. The lowest BCUT2D eigenvalue weighted by Gasteiger charge is -2.25. The molecule has 0 aromatic carbocycles. The Kier molecular flexibility index (Phi) is 5.60. The molecular formula is C14H27N3S. The van der Waals surface area contributed by atoms with E-state index in [1.807, 2.05) is 6.20 Å². The molecular weight excluding hydrogens is 242 g/mol. The molecule has 0 atom stereocenters. The summed E-state index contributed by atoms with van der Waals surface area (Å²) in [5, 5.41) is 4.65. The highest BCUT2D eigenvalue weighted by Crippen LogP contribution is 2.24. The summed E-state index contributed by atoms with van der Waals surface area (Å²) in [5.74, 6) is 0. The molecule has 1 rings (SSSR count). The molecule has 0 saturated carbocycles. The van der Waals surface area contributed by atoms with Crippen LogP contribution in [0.15, 0.2) is 6.20 Å². The van der Waals surface area contributed by atoms with Crippen molar-refractivity contribution < 1.29 is 0 Å². The molecule has 0 saturated heterocycles. The fourth-order valence-corrected chi connectivity index (χ4v) is 2.69. The Balaban J connectivity index is 2.66. The molecule has 1 N–H and O–H groups in total. The normalized spacial score (nSPS) is 12.2. The minimum Gasteiger partial charge on any atom is -0.346 e. The highest BCUT2D eigenvalue weighted by atomic mass is 32.1. The lowest BCUT2D eigenvalue weighted by molar-refractivity contribution is 0.426. The third kappa shape index (κ3) is 4.94. The van der Waals surface area contributed by atoms with Crippen LogP contribution in [-0.2, 0) is 6.54 Å². The fourth-order valence-electron chi connectivity index (χ4n) is 1.68. The van der Waals surface area contributed by atoms with Crippen molar-refractivity contribution >= 4 is 16.5 Å². The van der Waals surface area contributed by atoms with Crippen molar-refractivity contribution in [2.24, 2.45) is 0 Å². The summed E-state index contributed by atoms with van der Waals surface area (Å²) >= 11 is 1.80. The number of hydrogen-bond donors (Lipinski definition) is 1. The maximum absolute atomic E-state index is 4.56. The zero-order chi connectivity index (χ0) is 13.8. The number of hydrogen-bond acceptors (Lipinski definition) is 4. The van der Waals surface area contributed by atoms with Crippen LogP contribution in [0.1, 0.15) is 52.8 Å². The Morgan fingerprint density at radius 3 is 2.56 bits per heavy atom. The molecule has 1 heterocycles. The first-order valence-corrected chi connectivity index (χ1v) is 7.61. The maximum atomic E-state index is 4.56. The van der Waals surface area contributed by atoms with Gasteiger partial charge in [-0.2, -0.15) is 0 Å². The van der Waals surface area contributed by atoms with E-state index in [1.54, 1.807) is 11.3 Å². The number of nitrogens with zero attached hydrogens (tertiary/aromatic N) is 2. The Morgan fingerprint density at radius 1 is 1.39 bits per heavy atom. The Labute approximate surface area is 116 Å². The third-order valence-corrected chi connectivity index (χ3v) is 3.70. The minimum atomic E-state index is 0.158. The second kappa shape index (κ2) is 6.53. The van der Waals surface area contributed by atoms with Gasteiger partial charge in [-0.15, -0.1) is 11.3 Å². The van der Waals surface area contributed by atoms with Gasteiger partial charge in [0.2, 0.25) is 0 Å². The maximum Gasteiger partial charge on any atom is 0.185 e. The first-order valence-electron chi connectivity index (χ1n) is 6.80. The number of nitrogens with one attached hydrogen (secondary N) is 1. The SMILES string of the molecule is CCCN(c1ncc(CNC(C)(C)C)s1)C(C)C. The highest BCUT2D eigenvalue weighted by Gasteiger charge is 2.15. The zero-order valence-electron chi connectivity index (χ0n) is 12.6. The van der Waals surface area contributed by atoms with Gasteiger partial charge in [0, 0.05) is 35.7 Å². The predicted octanol–water partition coefficient (Wildman–Crippen LogP) is 3.66. The topological polar surface area (TPSA) is 28.2 Å². The largest absolute Gasteiger partial charge is 0.346 e. The van der Waals surface area contributed by atoms with Crippen LogP contribution in [0.3, 0.4) is 0 Å². The average Bonchev–Trinajstić information content (AvgIpc) is 2.70. The smallest absolute Gasteiger partial charge is 0.185 e. The minimum absolute atomic E-state index is 0.158. The van der Waals surface area contributed by atoms with Crippen LogP contribution in [0.5, 0.6) is 0 Å². The highest BCUT2D eigenvalue weighted by molar-refractivity contribution is 7.15. The molecule has 0 unspecified atom stereocenters. The molecule has 1 aromatic heterocycles. The van der Waals surface area contributed by atoms with Crippen LogP contribution in [0.25, 0.3) is 0 Å². The van der Waals surface area contributed by atoms with Crippen molar-refractivity contribution in [1.82, 2.24) is 10.3 Å². The van der Waals surface area contributed by atoms with E-state index in [2.05, 4.69) is 56.7 Å². The van der Waals surface area contributed by atoms with E-state index in [0.29, 0.717) is 6.04 Å². The van der Waals surface area contributed by atoms with Crippen LogP contribution in [0.4, 0.5) is 5.13 Å². The summed E-state index contributed by atoms with van der Waals surface area (Å²) in [6.45, 7) is 15.2. The van der Waals surface area contributed by atoms with Gasteiger partial charge >= 0.3 is 0 Å². The van der Waals surface area contributed by atoms with Gasteiger partial charge in [0.15, 0.2) is 5.13 Å². The molecule has 0 aliphatic heterocycles. The molecule has 1 aromatic rings. The third-order valence-electron chi connectivity index (χ3n) is 2.67. The molecule has 0 fully saturated rings. The van der Waals surface area contributed by atoms with E-state index in [-0.39, 0.29) is 5.54 Å². The second-order valence-corrected chi connectivity index (χ2v) is 7.09. The molecule has 4 heteroatoms. The molecule has 0 aliphatic rings. The quantitative estimate of drug-likeness (QED) is 0.854. The first kappa shape index (κ1) is 15.4. The van der Waals surface area contributed by atoms with Gasteiger partial charge in [0.05, 0.1) is 0 Å². The van der Waals surface area contributed by atoms with Gasteiger partial charge in [-0.05, 0) is 41.0 Å². The van der Waals surface area contributed by atoms with Crippen molar-refractivity contribution in [3.8, 4) is 0 Å². The molecule has 0 radical (unpaired) electrons. The van der Waals surface area contributed by atoms with Crippen molar-refractivity contribution in [3.63, 3.8) is 0 Å². The summed E-state index contributed by atoms with van der Waals surface area (Å²) in [6.07, 6.45) is 3.16. The molecule has 0 spiro atoms. The van der Waals surface area contributed by atoms with E-state index in [4.69, 9.17) is 0 Å². The molecule has 0 bridgehead atoms. The van der Waals surface area contributed by atoms with E-state index in [9.17, 15) is 0 Å². The van der Waals surface area contributed by atoms with E-state index in [1.165, 1.54) is 4.88 Å². The van der Waals surface area contributed by atoms with Crippen molar-refractivity contribution in [3.05, 3.63) is 11.1 Å². The van der Waals surface area contributed by atoms with Crippen LogP contribution in [0.2, 0.25) is 0 Å². The Morgan fingerprint density at radius 2 is 2.06 bits per heavy atom. The lowest BCUT2D eigenvalue weighted by atomic mass is 10.1. The average molecular weight is 269 g/mol. The predicted molar refractivity (Wildman–Crippen MR) is 81.5 cm³/mol. The van der Waals surface area contributed by atoms with Crippen LogP contribution < -0.4 is 10.2 Å². The van der Waals surface area contributed by atoms with Crippen LogP contribution >= 0.6 is 11.3 Å². The van der Waals surface area contributed by atoms with E-state index < -0.39 is 0 Å². The number of rotatable bonds is 6. The molecule has 3 nitrogen and oxygen atoms in total. The Bertz CT molecular complexity index is 352. The lowest BCUT2D eigenvalue weighted by Crippen LogP contribution is -2.34. The van der Waals surface area contributed by atoms with Crippen LogP contribution in [0, 0.1) is 0 Å². The van der Waals surface area contributed by atoms with Gasteiger partial charge in [-0.25, -0.2) is 4.98 Å². The van der Waals surface area contributed by atoms with E-state index >= 15 is 0 Å². The summed E-state index contributed by atoms with van der Waals surface area (Å²) in [5.41, 5.74) is 0.158. The van der Waals surface area contributed by atoms with Crippen molar-refractivity contribution in [1.29, 1.82) is 0 Å². The van der Waals surface area contributed by atoms with Gasteiger partial charge in [-0.3, -0.25) is 0 Å². The summed E-state index contributed by atoms with van der Waals surface area (Å²) in [7, 11) is 0. The molecule has 0 amide bonds. The molecule has 104 valence electrons. The van der Waals surface area contributed by atoms with E-state index in [0.717, 1.165) is 24.6 Å². The monoisotopic (exact) mass is 269 g/mol. The Hall–Kier alpha value is -0.610. The second-order valence-electron chi connectivity index (χ2n) is 6.00. The molecule has 18 heavy (non-hydrogen) atoms. The first-order chi connectivity index (χ1) is 8.33. The van der Waals surface area contributed by atoms with Crippen molar-refractivity contribution in [2.45, 2.75) is 66.1 Å². The summed E-state index contributed by atoms with van der Waals surface area (Å²) < 4.78 is 0. The standard InChI is InChI=1S/C14H27N3S/c1-7-8-17(11(2)3)13-15-9-12(18-13)10-16-14(4,5)6/h9,11,16H,7-8,10H2,1-6H3. The van der Waals surface area contributed by atoms with Gasteiger partial charge < -0.3 is 10.2 Å². The van der Waals surface area contributed by atoms with Gasteiger partial charge in [-0.1, -0.05) is 6.92 Å². The number of thiazole rings is 1. The fraction of sp³-hybridized carbons (Fsp3) is 0.786. The van der Waals surface area contributed by atoms with Crippen molar-refractivity contribution in [2.75, 3.05) is 11.4 Å². The molecule has 0 aliphatic carbocycles. The van der Waals surface area contributed by atoms with Gasteiger partial charge in [0.1, 0.15) is 0 Å². The number of anilines is 1. The van der Waals surface area contributed by atoms with Crippen LogP contribution in [-0.4, -0.2) is 23.1 Å². The van der Waals surface area contributed by atoms with Gasteiger partial charge in [0.25, 0.3) is 0 Å². The summed E-state index contributed by atoms with van der Waals surface area (Å²) in [4.78, 5) is 8.25. The number of aromatic nitrogens is 1. The summed E-state index contributed by atoms with van der Waals surface area (Å²) in [6, 6.07) is 0.513.